The van der Waals surface area contributed by atoms with Crippen molar-refractivity contribution in [2.45, 2.75) is 58.0 Å². The molecule has 1 aliphatic carbocycles. The van der Waals surface area contributed by atoms with E-state index in [0.29, 0.717) is 12.3 Å². The normalized spacial score (nSPS) is 26.5. The van der Waals surface area contributed by atoms with Gasteiger partial charge in [0.1, 0.15) is 5.67 Å². The van der Waals surface area contributed by atoms with Crippen molar-refractivity contribution in [3.8, 4) is 0 Å². The molecule has 1 aliphatic rings. The molecule has 0 saturated heterocycles. The number of alkyl halides is 1. The molecule has 1 unspecified atom stereocenters. The first-order chi connectivity index (χ1) is 5.17. The van der Waals surface area contributed by atoms with E-state index in [0.717, 1.165) is 12.8 Å². The van der Waals surface area contributed by atoms with Crippen molar-refractivity contribution in [2.24, 2.45) is 5.92 Å². The molecule has 1 atom stereocenters. The number of hydrogen-bond donors (Lipinski definition) is 0. The molecule has 1 rings (SSSR count). The summed E-state index contributed by atoms with van der Waals surface area (Å²) in [5, 5.41) is 0. The molecule has 0 aliphatic heterocycles. The maximum Gasteiger partial charge on any atom is 0.110 e. The van der Waals surface area contributed by atoms with Crippen LogP contribution in [0.5, 0.6) is 0 Å². The van der Waals surface area contributed by atoms with Crippen LogP contribution in [0.1, 0.15) is 52.4 Å². The Morgan fingerprint density at radius 3 is 2.27 bits per heavy atom. The van der Waals surface area contributed by atoms with Gasteiger partial charge < -0.3 is 0 Å². The second-order valence-electron chi connectivity index (χ2n) is 3.97. The molecule has 1 fully saturated rings. The Morgan fingerprint density at radius 1 is 1.27 bits per heavy atom. The Hall–Kier alpha value is -0.0700. The Balaban J connectivity index is 2.43. The minimum atomic E-state index is -0.888. The topological polar surface area (TPSA) is 0 Å². The minimum Gasteiger partial charge on any atom is -0.244 e. The third-order valence-corrected chi connectivity index (χ3v) is 3.15. The highest BCUT2D eigenvalue weighted by Crippen LogP contribution is 2.36. The monoisotopic (exact) mass is 158 g/mol. The van der Waals surface area contributed by atoms with Gasteiger partial charge in [-0.25, -0.2) is 4.39 Å². The lowest BCUT2D eigenvalue weighted by Gasteiger charge is -2.32. The van der Waals surface area contributed by atoms with Crippen molar-refractivity contribution in [3.63, 3.8) is 0 Å². The van der Waals surface area contributed by atoms with Gasteiger partial charge in [-0.1, -0.05) is 26.2 Å². The highest BCUT2D eigenvalue weighted by atomic mass is 19.1. The molecule has 0 spiro atoms. The first kappa shape index (κ1) is 9.02. The minimum absolute atomic E-state index is 0.348. The zero-order chi connectivity index (χ0) is 8.32. The number of halogens is 1. The van der Waals surface area contributed by atoms with Gasteiger partial charge in [0.05, 0.1) is 0 Å². The van der Waals surface area contributed by atoms with Crippen LogP contribution in [0, 0.1) is 5.92 Å². The van der Waals surface area contributed by atoms with Crippen LogP contribution in [-0.2, 0) is 0 Å². The van der Waals surface area contributed by atoms with Gasteiger partial charge >= 0.3 is 0 Å². The molecular formula is C10H19F. The summed E-state index contributed by atoms with van der Waals surface area (Å²) in [5.41, 5.74) is -0.888. The second-order valence-corrected chi connectivity index (χ2v) is 3.97. The van der Waals surface area contributed by atoms with Crippen molar-refractivity contribution < 1.29 is 4.39 Å². The van der Waals surface area contributed by atoms with Crippen LogP contribution >= 0.6 is 0 Å². The average Bonchev–Trinajstić information content (AvgIpc) is 2.06. The number of rotatable bonds is 2. The molecule has 1 saturated carbocycles. The summed E-state index contributed by atoms with van der Waals surface area (Å²) in [4.78, 5) is 0. The fraction of sp³-hybridized carbons (Fsp3) is 1.00. The fourth-order valence-electron chi connectivity index (χ4n) is 1.99. The summed E-state index contributed by atoms with van der Waals surface area (Å²) < 4.78 is 13.7. The summed E-state index contributed by atoms with van der Waals surface area (Å²) >= 11 is 0. The summed E-state index contributed by atoms with van der Waals surface area (Å²) in [6.07, 6.45) is 6.70. The van der Waals surface area contributed by atoms with Gasteiger partial charge in [0.25, 0.3) is 0 Å². The molecule has 0 nitrogen and oxygen atoms in total. The van der Waals surface area contributed by atoms with Gasteiger partial charge in [0.15, 0.2) is 0 Å². The van der Waals surface area contributed by atoms with E-state index in [4.69, 9.17) is 0 Å². The van der Waals surface area contributed by atoms with Crippen LogP contribution in [0.15, 0.2) is 0 Å². The quantitative estimate of drug-likeness (QED) is 0.574. The smallest absolute Gasteiger partial charge is 0.110 e. The third-order valence-electron chi connectivity index (χ3n) is 3.15. The second kappa shape index (κ2) is 3.55. The lowest BCUT2D eigenvalue weighted by molar-refractivity contribution is 0.0708. The largest absolute Gasteiger partial charge is 0.244 e. The van der Waals surface area contributed by atoms with Gasteiger partial charge in [-0.15, -0.1) is 0 Å². The Bertz CT molecular complexity index is 112. The molecule has 1 heteroatoms. The van der Waals surface area contributed by atoms with E-state index in [9.17, 15) is 4.39 Å². The van der Waals surface area contributed by atoms with E-state index in [1.165, 1.54) is 19.3 Å². The zero-order valence-corrected chi connectivity index (χ0v) is 7.70. The van der Waals surface area contributed by atoms with Gasteiger partial charge in [-0.2, -0.15) is 0 Å². The van der Waals surface area contributed by atoms with Crippen LogP contribution in [-0.4, -0.2) is 5.67 Å². The van der Waals surface area contributed by atoms with Crippen LogP contribution in [0.25, 0.3) is 0 Å². The first-order valence-electron chi connectivity index (χ1n) is 4.85. The van der Waals surface area contributed by atoms with Crippen LogP contribution in [0.3, 0.4) is 0 Å². The summed E-state index contributed by atoms with van der Waals surface area (Å²) in [7, 11) is 0. The van der Waals surface area contributed by atoms with E-state index < -0.39 is 5.67 Å². The lowest BCUT2D eigenvalue weighted by atomic mass is 9.78. The molecule has 0 aromatic heterocycles. The molecule has 0 aromatic carbocycles. The first-order valence-corrected chi connectivity index (χ1v) is 4.85. The number of hydrogen-bond acceptors (Lipinski definition) is 0. The van der Waals surface area contributed by atoms with Crippen molar-refractivity contribution in [2.75, 3.05) is 0 Å². The SMILES string of the molecule is CCC(C)(F)C1CCCCC1. The summed E-state index contributed by atoms with van der Waals surface area (Å²) in [5.74, 6) is 0.348. The van der Waals surface area contributed by atoms with Crippen molar-refractivity contribution in [1.82, 2.24) is 0 Å². The predicted octanol–water partition coefficient (Wildman–Crippen LogP) is 3.70. The summed E-state index contributed by atoms with van der Waals surface area (Å²) in [6, 6.07) is 0. The predicted molar refractivity (Wildman–Crippen MR) is 46.4 cm³/mol. The molecule has 0 amide bonds. The highest BCUT2D eigenvalue weighted by molar-refractivity contribution is 4.83. The van der Waals surface area contributed by atoms with Gasteiger partial charge in [-0.05, 0) is 32.1 Å². The van der Waals surface area contributed by atoms with E-state index in [1.54, 1.807) is 6.92 Å². The maximum absolute atomic E-state index is 13.7. The molecule has 0 heterocycles. The molecule has 0 N–H and O–H groups in total. The summed E-state index contributed by atoms with van der Waals surface area (Å²) in [6.45, 7) is 3.72. The van der Waals surface area contributed by atoms with Crippen molar-refractivity contribution in [3.05, 3.63) is 0 Å². The van der Waals surface area contributed by atoms with Crippen LogP contribution in [0.2, 0.25) is 0 Å². The molecular weight excluding hydrogens is 139 g/mol. The van der Waals surface area contributed by atoms with E-state index in [1.807, 2.05) is 6.92 Å². The van der Waals surface area contributed by atoms with Gasteiger partial charge in [-0.3, -0.25) is 0 Å². The van der Waals surface area contributed by atoms with Crippen molar-refractivity contribution in [1.29, 1.82) is 0 Å². The van der Waals surface area contributed by atoms with Gasteiger partial charge in [0.2, 0.25) is 0 Å². The maximum atomic E-state index is 13.7. The van der Waals surface area contributed by atoms with Crippen molar-refractivity contribution >= 4 is 0 Å². The Labute approximate surface area is 69.2 Å². The van der Waals surface area contributed by atoms with Crippen LogP contribution < -0.4 is 0 Å². The third kappa shape index (κ3) is 2.18. The van der Waals surface area contributed by atoms with E-state index in [2.05, 4.69) is 0 Å². The molecule has 0 bridgehead atoms. The molecule has 11 heavy (non-hydrogen) atoms. The van der Waals surface area contributed by atoms with Crippen LogP contribution in [0.4, 0.5) is 4.39 Å². The Morgan fingerprint density at radius 2 is 1.82 bits per heavy atom. The average molecular weight is 158 g/mol. The highest BCUT2D eigenvalue weighted by Gasteiger charge is 2.32. The fourth-order valence-corrected chi connectivity index (χ4v) is 1.99. The standard InChI is InChI=1S/C10H19F/c1-3-10(2,11)9-7-5-4-6-8-9/h9H,3-8H2,1-2H3. The zero-order valence-electron chi connectivity index (χ0n) is 7.70. The molecule has 0 radical (unpaired) electrons. The van der Waals surface area contributed by atoms with E-state index in [-0.39, 0.29) is 0 Å². The molecule has 66 valence electrons. The lowest BCUT2D eigenvalue weighted by Crippen LogP contribution is -2.30. The van der Waals surface area contributed by atoms with Gasteiger partial charge in [0, 0.05) is 0 Å². The molecule has 0 aromatic rings. The van der Waals surface area contributed by atoms with E-state index >= 15 is 0 Å². The Kier molecular flexibility index (Phi) is 2.91.